The average Bonchev–Trinajstić information content (AvgIpc) is 2.74. The van der Waals surface area contributed by atoms with Crippen LogP contribution in [0.3, 0.4) is 0 Å². The standard InChI is InChI=1S/C23H30N2O5S/c1-4-14-29-20-10-6-5-8-18(20)9-7-13-24-23(26)22-16-25(31(3,27)28)19-15-17(2)11-12-21(19)30-22/h5-6,8,10-12,15,22H,4,7,9,13-14,16H2,1-3H3,(H,24,26)/t22-/m1/s1. The second-order valence-electron chi connectivity index (χ2n) is 7.72. The van der Waals surface area contributed by atoms with Crippen LogP contribution in [0.4, 0.5) is 5.69 Å². The summed E-state index contributed by atoms with van der Waals surface area (Å²) in [6, 6.07) is 13.2. The molecule has 3 rings (SSSR count). The molecule has 7 nitrogen and oxygen atoms in total. The molecule has 1 aliphatic heterocycles. The number of rotatable bonds is 9. The highest BCUT2D eigenvalue weighted by molar-refractivity contribution is 7.92. The predicted octanol–water partition coefficient (Wildman–Crippen LogP) is 3.06. The zero-order valence-electron chi connectivity index (χ0n) is 18.3. The highest BCUT2D eigenvalue weighted by Crippen LogP contribution is 2.35. The zero-order chi connectivity index (χ0) is 22.4. The van der Waals surface area contributed by atoms with Crippen LogP contribution in [-0.4, -0.2) is 46.4 Å². The van der Waals surface area contributed by atoms with Gasteiger partial charge in [0, 0.05) is 6.54 Å². The number of hydrogen-bond acceptors (Lipinski definition) is 5. The van der Waals surface area contributed by atoms with Crippen LogP contribution in [0.2, 0.25) is 0 Å². The first-order chi connectivity index (χ1) is 14.8. The van der Waals surface area contributed by atoms with Gasteiger partial charge in [-0.15, -0.1) is 0 Å². The van der Waals surface area contributed by atoms with Gasteiger partial charge in [-0.05, 0) is 55.5 Å². The third kappa shape index (κ3) is 5.91. The Morgan fingerprint density at radius 2 is 2.03 bits per heavy atom. The Kier molecular flexibility index (Phi) is 7.43. The summed E-state index contributed by atoms with van der Waals surface area (Å²) < 4.78 is 37.4. The van der Waals surface area contributed by atoms with Gasteiger partial charge in [-0.25, -0.2) is 8.42 Å². The van der Waals surface area contributed by atoms with E-state index in [-0.39, 0.29) is 12.5 Å². The van der Waals surface area contributed by atoms with Crippen molar-refractivity contribution in [1.29, 1.82) is 0 Å². The van der Waals surface area contributed by atoms with E-state index in [0.29, 0.717) is 24.6 Å². The van der Waals surface area contributed by atoms with E-state index in [9.17, 15) is 13.2 Å². The number of carbonyl (C=O) groups excluding carboxylic acids is 1. The van der Waals surface area contributed by atoms with Crippen LogP contribution in [0.1, 0.15) is 30.9 Å². The number of para-hydroxylation sites is 1. The molecule has 0 spiro atoms. The van der Waals surface area contributed by atoms with E-state index < -0.39 is 16.1 Å². The molecule has 0 aliphatic carbocycles. The lowest BCUT2D eigenvalue weighted by Gasteiger charge is -2.34. The molecule has 0 radical (unpaired) electrons. The molecule has 0 bridgehead atoms. The van der Waals surface area contributed by atoms with E-state index in [1.165, 1.54) is 4.31 Å². The zero-order valence-corrected chi connectivity index (χ0v) is 19.1. The molecule has 0 unspecified atom stereocenters. The van der Waals surface area contributed by atoms with Gasteiger partial charge in [0.2, 0.25) is 10.0 Å². The first-order valence-corrected chi connectivity index (χ1v) is 12.4. The Bertz CT molecular complexity index is 1020. The maximum absolute atomic E-state index is 12.7. The highest BCUT2D eigenvalue weighted by Gasteiger charge is 2.34. The van der Waals surface area contributed by atoms with Crippen molar-refractivity contribution in [2.24, 2.45) is 0 Å². The van der Waals surface area contributed by atoms with Gasteiger partial charge >= 0.3 is 0 Å². The fourth-order valence-electron chi connectivity index (χ4n) is 3.48. The van der Waals surface area contributed by atoms with Crippen molar-refractivity contribution in [3.63, 3.8) is 0 Å². The lowest BCUT2D eigenvalue weighted by molar-refractivity contribution is -0.127. The van der Waals surface area contributed by atoms with Crippen molar-refractivity contribution in [1.82, 2.24) is 5.32 Å². The summed E-state index contributed by atoms with van der Waals surface area (Å²) in [4.78, 5) is 12.7. The number of ether oxygens (including phenoxy) is 2. The quantitative estimate of drug-likeness (QED) is 0.599. The van der Waals surface area contributed by atoms with E-state index in [1.54, 1.807) is 12.1 Å². The lowest BCUT2D eigenvalue weighted by atomic mass is 10.1. The van der Waals surface area contributed by atoms with Crippen molar-refractivity contribution >= 4 is 21.6 Å². The first kappa shape index (κ1) is 22.9. The van der Waals surface area contributed by atoms with Gasteiger partial charge in [0.15, 0.2) is 6.10 Å². The topological polar surface area (TPSA) is 84.9 Å². The maximum atomic E-state index is 12.7. The minimum Gasteiger partial charge on any atom is -0.493 e. The molecule has 168 valence electrons. The summed E-state index contributed by atoms with van der Waals surface area (Å²) in [6.45, 7) is 5.03. The molecule has 1 aliphatic rings. The van der Waals surface area contributed by atoms with Gasteiger partial charge in [-0.3, -0.25) is 9.10 Å². The van der Waals surface area contributed by atoms with Crippen LogP contribution in [0, 0.1) is 6.92 Å². The van der Waals surface area contributed by atoms with Crippen LogP contribution < -0.4 is 19.1 Å². The fraction of sp³-hybridized carbons (Fsp3) is 0.435. The average molecular weight is 447 g/mol. The number of fused-ring (bicyclic) bond motifs is 1. The van der Waals surface area contributed by atoms with E-state index in [1.807, 2.05) is 37.3 Å². The molecular weight excluding hydrogens is 416 g/mol. The van der Waals surface area contributed by atoms with Crippen LogP contribution in [0.5, 0.6) is 11.5 Å². The molecule has 1 atom stereocenters. The lowest BCUT2D eigenvalue weighted by Crippen LogP contribution is -2.50. The highest BCUT2D eigenvalue weighted by atomic mass is 32.2. The van der Waals surface area contributed by atoms with E-state index >= 15 is 0 Å². The van der Waals surface area contributed by atoms with Crippen LogP contribution >= 0.6 is 0 Å². The summed E-state index contributed by atoms with van der Waals surface area (Å²) in [7, 11) is -3.54. The molecule has 1 amide bonds. The summed E-state index contributed by atoms with van der Waals surface area (Å²) >= 11 is 0. The summed E-state index contributed by atoms with van der Waals surface area (Å²) in [5, 5.41) is 2.87. The molecule has 8 heteroatoms. The molecule has 1 heterocycles. The van der Waals surface area contributed by atoms with Gasteiger partial charge in [-0.2, -0.15) is 0 Å². The minimum absolute atomic E-state index is 0.0468. The second-order valence-corrected chi connectivity index (χ2v) is 9.63. The Labute approximate surface area is 184 Å². The Balaban J connectivity index is 1.58. The van der Waals surface area contributed by atoms with Crippen molar-refractivity contribution in [3.8, 4) is 11.5 Å². The third-order valence-electron chi connectivity index (χ3n) is 5.03. The molecule has 31 heavy (non-hydrogen) atoms. The summed E-state index contributed by atoms with van der Waals surface area (Å²) in [5.74, 6) is 0.946. The van der Waals surface area contributed by atoms with Gasteiger partial charge in [-0.1, -0.05) is 31.2 Å². The Morgan fingerprint density at radius 1 is 1.26 bits per heavy atom. The van der Waals surface area contributed by atoms with Crippen molar-refractivity contribution in [2.45, 2.75) is 39.2 Å². The number of anilines is 1. The van der Waals surface area contributed by atoms with E-state index in [4.69, 9.17) is 9.47 Å². The molecule has 1 N–H and O–H groups in total. The second kappa shape index (κ2) is 10.0. The molecule has 0 saturated heterocycles. The molecule has 0 aromatic heterocycles. The number of carbonyl (C=O) groups is 1. The Hall–Kier alpha value is -2.74. The molecule has 0 fully saturated rings. The number of aryl methyl sites for hydroxylation is 2. The van der Waals surface area contributed by atoms with Gasteiger partial charge < -0.3 is 14.8 Å². The third-order valence-corrected chi connectivity index (χ3v) is 6.18. The van der Waals surface area contributed by atoms with E-state index in [0.717, 1.165) is 42.4 Å². The SMILES string of the molecule is CCCOc1ccccc1CCCNC(=O)[C@H]1CN(S(C)(=O)=O)c2cc(C)ccc2O1. The van der Waals surface area contributed by atoms with Gasteiger partial charge in [0.1, 0.15) is 11.5 Å². The van der Waals surface area contributed by atoms with Crippen molar-refractivity contribution in [3.05, 3.63) is 53.6 Å². The van der Waals surface area contributed by atoms with E-state index in [2.05, 4.69) is 12.2 Å². The maximum Gasteiger partial charge on any atom is 0.263 e. The monoisotopic (exact) mass is 446 g/mol. The van der Waals surface area contributed by atoms with Gasteiger partial charge in [0.05, 0.1) is 25.1 Å². The molecule has 2 aromatic rings. The van der Waals surface area contributed by atoms with Gasteiger partial charge in [0.25, 0.3) is 5.91 Å². The first-order valence-electron chi connectivity index (χ1n) is 10.5. The number of sulfonamides is 1. The van der Waals surface area contributed by atoms with Crippen LogP contribution in [0.15, 0.2) is 42.5 Å². The number of amides is 1. The number of nitrogens with one attached hydrogen (secondary N) is 1. The smallest absolute Gasteiger partial charge is 0.263 e. The fourth-order valence-corrected chi connectivity index (χ4v) is 4.39. The predicted molar refractivity (Wildman–Crippen MR) is 121 cm³/mol. The minimum atomic E-state index is -3.54. The number of hydrogen-bond donors (Lipinski definition) is 1. The normalized spacial score (nSPS) is 15.7. The van der Waals surface area contributed by atoms with Crippen molar-refractivity contribution in [2.75, 3.05) is 30.3 Å². The Morgan fingerprint density at radius 3 is 2.77 bits per heavy atom. The molecule has 0 saturated carbocycles. The molecular formula is C23H30N2O5S. The van der Waals surface area contributed by atoms with Crippen LogP contribution in [0.25, 0.3) is 0 Å². The molecule has 2 aromatic carbocycles. The number of benzene rings is 2. The number of nitrogens with zero attached hydrogens (tertiary/aromatic N) is 1. The summed E-state index contributed by atoms with van der Waals surface area (Å²) in [6.07, 6.45) is 2.68. The summed E-state index contributed by atoms with van der Waals surface area (Å²) in [5.41, 5.74) is 2.49. The van der Waals surface area contributed by atoms with Crippen LogP contribution in [-0.2, 0) is 21.2 Å². The van der Waals surface area contributed by atoms with Crippen molar-refractivity contribution < 1.29 is 22.7 Å². The largest absolute Gasteiger partial charge is 0.493 e.